The van der Waals surface area contributed by atoms with Crippen molar-refractivity contribution in [3.05, 3.63) is 36.3 Å². The highest BCUT2D eigenvalue weighted by molar-refractivity contribution is 5.59. The zero-order chi connectivity index (χ0) is 20.8. The molecule has 0 aliphatic heterocycles. The molecule has 1 fully saturated rings. The first-order valence-corrected chi connectivity index (χ1v) is 8.90. The first-order chi connectivity index (χ1) is 13.8. The number of fused-ring (bicyclic) bond motifs is 1. The molecule has 154 valence electrons. The molecule has 0 N–H and O–H groups in total. The van der Waals surface area contributed by atoms with Crippen LogP contribution in [0.4, 0.5) is 17.6 Å². The van der Waals surface area contributed by atoms with E-state index < -0.39 is 29.9 Å². The molecule has 4 rings (SSSR count). The van der Waals surface area contributed by atoms with Gasteiger partial charge in [-0.15, -0.1) is 10.2 Å². The van der Waals surface area contributed by atoms with Gasteiger partial charge in [-0.05, 0) is 25.8 Å². The maximum absolute atomic E-state index is 14.4. The third-order valence-electron chi connectivity index (χ3n) is 4.75. The van der Waals surface area contributed by atoms with Crippen molar-refractivity contribution in [3.63, 3.8) is 0 Å². The minimum atomic E-state index is -4.58. The Balaban J connectivity index is 1.64. The van der Waals surface area contributed by atoms with Crippen molar-refractivity contribution in [2.75, 3.05) is 7.11 Å². The molecule has 0 saturated heterocycles. The van der Waals surface area contributed by atoms with E-state index in [1.807, 2.05) is 0 Å². The van der Waals surface area contributed by atoms with E-state index in [0.717, 1.165) is 6.07 Å². The summed E-state index contributed by atoms with van der Waals surface area (Å²) in [5, 5.41) is 8.03. The van der Waals surface area contributed by atoms with E-state index in [4.69, 9.17) is 9.47 Å². The summed E-state index contributed by atoms with van der Waals surface area (Å²) in [6, 6.07) is 1.04. The minimum Gasteiger partial charge on any atom is -0.462 e. The predicted molar refractivity (Wildman–Crippen MR) is 92.6 cm³/mol. The Morgan fingerprint density at radius 1 is 1.17 bits per heavy atom. The van der Waals surface area contributed by atoms with Crippen LogP contribution in [0.5, 0.6) is 5.88 Å². The highest BCUT2D eigenvalue weighted by Gasteiger charge is 2.51. The number of methoxy groups -OCH3 is 1. The molecule has 0 radical (unpaired) electrons. The van der Waals surface area contributed by atoms with Gasteiger partial charge >= 0.3 is 6.18 Å². The number of pyridine rings is 1. The van der Waals surface area contributed by atoms with Crippen LogP contribution in [-0.4, -0.2) is 44.0 Å². The van der Waals surface area contributed by atoms with Crippen molar-refractivity contribution >= 4 is 5.65 Å². The van der Waals surface area contributed by atoms with Crippen LogP contribution >= 0.6 is 0 Å². The summed E-state index contributed by atoms with van der Waals surface area (Å²) in [7, 11) is 1.53. The van der Waals surface area contributed by atoms with Crippen LogP contribution in [0.25, 0.3) is 16.9 Å². The van der Waals surface area contributed by atoms with Crippen LogP contribution < -0.4 is 4.74 Å². The molecule has 1 aliphatic carbocycles. The molecule has 3 heterocycles. The standard InChI is InChI=1S/C18H17F4N5O2/c1-9(28-2)16-26-25-14-7-23-13(8-27(14)16)11-5-12(19)17(24-6-11)29-15(10-3-4-10)18(20,21)22/h5-10,15H,3-4H2,1-2H3/t9-,15-/m0/s1. The van der Waals surface area contributed by atoms with E-state index >= 15 is 0 Å². The second-order valence-electron chi connectivity index (χ2n) is 6.87. The Morgan fingerprint density at radius 3 is 2.55 bits per heavy atom. The third kappa shape index (κ3) is 3.86. The monoisotopic (exact) mass is 411 g/mol. The lowest BCUT2D eigenvalue weighted by molar-refractivity contribution is -0.202. The summed E-state index contributed by atoms with van der Waals surface area (Å²) >= 11 is 0. The second kappa shape index (κ2) is 7.21. The molecule has 0 spiro atoms. The minimum absolute atomic E-state index is 0.274. The zero-order valence-electron chi connectivity index (χ0n) is 15.5. The molecular formula is C18H17F4N5O2. The quantitative estimate of drug-likeness (QED) is 0.575. The summed E-state index contributed by atoms with van der Waals surface area (Å²) in [6.07, 6.45) is -1.93. The summed E-state index contributed by atoms with van der Waals surface area (Å²) in [5.41, 5.74) is 1.09. The number of hydrogen-bond acceptors (Lipinski definition) is 6. The van der Waals surface area contributed by atoms with Gasteiger partial charge in [-0.1, -0.05) is 0 Å². The molecule has 0 bridgehead atoms. The van der Waals surface area contributed by atoms with Gasteiger partial charge in [0.1, 0.15) is 6.10 Å². The maximum atomic E-state index is 14.4. The average molecular weight is 411 g/mol. The zero-order valence-corrected chi connectivity index (χ0v) is 15.5. The van der Waals surface area contributed by atoms with Gasteiger partial charge in [0.05, 0.1) is 11.9 Å². The number of rotatable bonds is 6. The van der Waals surface area contributed by atoms with Crippen LogP contribution in [0.2, 0.25) is 0 Å². The number of alkyl halides is 3. The molecule has 0 aromatic carbocycles. The second-order valence-corrected chi connectivity index (χ2v) is 6.87. The smallest absolute Gasteiger partial charge is 0.425 e. The van der Waals surface area contributed by atoms with Crippen molar-refractivity contribution < 1.29 is 27.0 Å². The van der Waals surface area contributed by atoms with Crippen molar-refractivity contribution in [2.45, 2.75) is 38.1 Å². The fraction of sp³-hybridized carbons (Fsp3) is 0.444. The Hall–Kier alpha value is -2.82. The van der Waals surface area contributed by atoms with E-state index in [-0.39, 0.29) is 11.7 Å². The van der Waals surface area contributed by atoms with E-state index in [2.05, 4.69) is 20.2 Å². The van der Waals surface area contributed by atoms with Gasteiger partial charge < -0.3 is 9.47 Å². The van der Waals surface area contributed by atoms with Crippen molar-refractivity contribution in [2.24, 2.45) is 5.92 Å². The van der Waals surface area contributed by atoms with Gasteiger partial charge in [-0.25, -0.2) is 9.37 Å². The summed E-state index contributed by atoms with van der Waals surface area (Å²) in [6.45, 7) is 1.79. The lowest BCUT2D eigenvalue weighted by Gasteiger charge is -2.21. The number of hydrogen-bond donors (Lipinski definition) is 0. The van der Waals surface area contributed by atoms with E-state index in [1.54, 1.807) is 17.5 Å². The molecular weight excluding hydrogens is 394 g/mol. The lowest BCUT2D eigenvalue weighted by atomic mass is 10.2. The Kier molecular flexibility index (Phi) is 4.85. The predicted octanol–water partition coefficient (Wildman–Crippen LogP) is 3.75. The largest absolute Gasteiger partial charge is 0.462 e. The molecule has 1 aliphatic rings. The van der Waals surface area contributed by atoms with Crippen molar-refractivity contribution in [1.29, 1.82) is 0 Å². The molecule has 29 heavy (non-hydrogen) atoms. The maximum Gasteiger partial charge on any atom is 0.425 e. The van der Waals surface area contributed by atoms with Crippen molar-refractivity contribution in [3.8, 4) is 17.1 Å². The normalized spacial score (nSPS) is 16.8. The van der Waals surface area contributed by atoms with E-state index in [0.29, 0.717) is 30.0 Å². The topological polar surface area (TPSA) is 74.4 Å². The SMILES string of the molecule is CO[C@@H](C)c1nnc2cnc(-c3cnc(O[C@@H](C4CC4)C(F)(F)F)c(F)c3)cn12. The molecule has 7 nitrogen and oxygen atoms in total. The highest BCUT2D eigenvalue weighted by atomic mass is 19.4. The van der Waals surface area contributed by atoms with E-state index in [9.17, 15) is 17.6 Å². The number of halogens is 4. The average Bonchev–Trinajstić information content (AvgIpc) is 3.43. The number of aromatic nitrogens is 5. The van der Waals surface area contributed by atoms with Gasteiger partial charge in [0, 0.05) is 31.0 Å². The van der Waals surface area contributed by atoms with Gasteiger partial charge in [0.2, 0.25) is 0 Å². The Bertz CT molecular complexity index is 1030. The fourth-order valence-corrected chi connectivity index (χ4v) is 2.95. The fourth-order valence-electron chi connectivity index (χ4n) is 2.95. The van der Waals surface area contributed by atoms with Crippen LogP contribution in [0.1, 0.15) is 31.7 Å². The highest BCUT2D eigenvalue weighted by Crippen LogP contribution is 2.42. The first kappa shape index (κ1) is 19.5. The summed E-state index contributed by atoms with van der Waals surface area (Å²) < 4.78 is 65.6. The van der Waals surface area contributed by atoms with Gasteiger partial charge in [-0.2, -0.15) is 13.2 Å². The van der Waals surface area contributed by atoms with Crippen molar-refractivity contribution in [1.82, 2.24) is 24.6 Å². The number of nitrogens with zero attached hydrogens (tertiary/aromatic N) is 5. The Labute approximate surface area is 162 Å². The number of ether oxygens (including phenoxy) is 2. The third-order valence-corrected chi connectivity index (χ3v) is 4.75. The molecule has 3 aromatic heterocycles. The van der Waals surface area contributed by atoms with E-state index in [1.165, 1.54) is 19.5 Å². The van der Waals surface area contributed by atoms with Crippen LogP contribution in [0, 0.1) is 11.7 Å². The lowest BCUT2D eigenvalue weighted by Crippen LogP contribution is -2.36. The van der Waals surface area contributed by atoms with Gasteiger partial charge in [0.25, 0.3) is 5.88 Å². The molecule has 2 atom stereocenters. The molecule has 0 amide bonds. The molecule has 1 saturated carbocycles. The molecule has 0 unspecified atom stereocenters. The summed E-state index contributed by atoms with van der Waals surface area (Å²) in [4.78, 5) is 7.95. The van der Waals surface area contributed by atoms with Crippen LogP contribution in [0.3, 0.4) is 0 Å². The summed E-state index contributed by atoms with van der Waals surface area (Å²) in [5.74, 6) is -1.80. The van der Waals surface area contributed by atoms with Gasteiger partial charge in [0.15, 0.2) is 23.4 Å². The van der Waals surface area contributed by atoms with Gasteiger partial charge in [-0.3, -0.25) is 9.38 Å². The first-order valence-electron chi connectivity index (χ1n) is 8.90. The molecule has 3 aromatic rings. The Morgan fingerprint density at radius 2 is 1.93 bits per heavy atom. The van der Waals surface area contributed by atoms with Crippen LogP contribution in [-0.2, 0) is 4.74 Å². The molecule has 11 heteroatoms. The van der Waals surface area contributed by atoms with Crippen LogP contribution in [0.15, 0.2) is 24.7 Å².